The van der Waals surface area contributed by atoms with Gasteiger partial charge in [0.25, 0.3) is 5.91 Å². The van der Waals surface area contributed by atoms with Crippen molar-refractivity contribution >= 4 is 39.0 Å². The average molecular weight is 298 g/mol. The molecule has 2 aromatic heterocycles. The fourth-order valence-corrected chi connectivity index (χ4v) is 2.94. The van der Waals surface area contributed by atoms with E-state index >= 15 is 0 Å². The lowest BCUT2D eigenvalue weighted by Gasteiger charge is -2.03. The zero-order chi connectivity index (χ0) is 14.2. The number of fused-ring (bicyclic) bond motifs is 1. The predicted octanol–water partition coefficient (Wildman–Crippen LogP) is 3.45. The number of thiazole rings is 1. The monoisotopic (exact) mass is 298 g/mol. The van der Waals surface area contributed by atoms with Gasteiger partial charge in [0.05, 0.1) is 0 Å². The Labute approximate surface area is 125 Å². The van der Waals surface area contributed by atoms with Crippen LogP contribution in [0.2, 0.25) is 0 Å². The maximum absolute atomic E-state index is 12.2. The third kappa shape index (κ3) is 2.62. The largest absolute Gasteiger partial charge is 0.361 e. The lowest BCUT2D eigenvalue weighted by Crippen LogP contribution is -2.12. The number of carbonyl (C=O) groups is 1. The minimum atomic E-state index is -0.180. The zero-order valence-electron chi connectivity index (χ0n) is 11.2. The summed E-state index contributed by atoms with van der Waals surface area (Å²) in [4.78, 5) is 19.7. The van der Waals surface area contributed by atoms with Crippen LogP contribution in [0.15, 0.2) is 35.8 Å². The SMILES string of the molecule is O=C(Nc1ccc2cc[nH]c2c1)c1csc(NC2CC2)n1. The molecule has 0 saturated heterocycles. The van der Waals surface area contributed by atoms with E-state index in [-0.39, 0.29) is 5.91 Å². The Balaban J connectivity index is 1.49. The first-order chi connectivity index (χ1) is 10.3. The molecular weight excluding hydrogens is 284 g/mol. The van der Waals surface area contributed by atoms with Crippen molar-refractivity contribution in [2.75, 3.05) is 10.6 Å². The Hall–Kier alpha value is -2.34. The van der Waals surface area contributed by atoms with Gasteiger partial charge in [-0.2, -0.15) is 0 Å². The second-order valence-corrected chi connectivity index (χ2v) is 6.05. The lowest BCUT2D eigenvalue weighted by atomic mass is 10.2. The van der Waals surface area contributed by atoms with Gasteiger partial charge >= 0.3 is 0 Å². The topological polar surface area (TPSA) is 69.8 Å². The summed E-state index contributed by atoms with van der Waals surface area (Å²) in [6, 6.07) is 8.33. The van der Waals surface area contributed by atoms with Crippen molar-refractivity contribution in [1.82, 2.24) is 9.97 Å². The summed E-state index contributed by atoms with van der Waals surface area (Å²) >= 11 is 1.47. The molecule has 5 nitrogen and oxygen atoms in total. The highest BCUT2D eigenvalue weighted by atomic mass is 32.1. The van der Waals surface area contributed by atoms with E-state index in [1.54, 1.807) is 5.38 Å². The van der Waals surface area contributed by atoms with Gasteiger partial charge in [-0.3, -0.25) is 4.79 Å². The van der Waals surface area contributed by atoms with E-state index in [9.17, 15) is 4.79 Å². The summed E-state index contributed by atoms with van der Waals surface area (Å²) in [5.41, 5.74) is 2.22. The van der Waals surface area contributed by atoms with Crippen LogP contribution in [0.5, 0.6) is 0 Å². The van der Waals surface area contributed by atoms with Crippen LogP contribution in [0.3, 0.4) is 0 Å². The van der Waals surface area contributed by atoms with E-state index in [2.05, 4.69) is 20.6 Å². The molecule has 1 aliphatic rings. The number of nitrogens with zero attached hydrogens (tertiary/aromatic N) is 1. The van der Waals surface area contributed by atoms with E-state index in [1.807, 2.05) is 30.5 Å². The molecule has 1 amide bonds. The van der Waals surface area contributed by atoms with E-state index < -0.39 is 0 Å². The number of carbonyl (C=O) groups excluding carboxylic acids is 1. The maximum atomic E-state index is 12.2. The van der Waals surface area contributed by atoms with E-state index in [0.717, 1.165) is 21.7 Å². The second-order valence-electron chi connectivity index (χ2n) is 5.19. The third-order valence-electron chi connectivity index (χ3n) is 3.45. The van der Waals surface area contributed by atoms with Gasteiger partial charge < -0.3 is 15.6 Å². The van der Waals surface area contributed by atoms with Gasteiger partial charge in [0, 0.05) is 28.8 Å². The number of hydrogen-bond donors (Lipinski definition) is 3. The molecule has 0 aliphatic heterocycles. The first kappa shape index (κ1) is 12.4. The van der Waals surface area contributed by atoms with Crippen LogP contribution in [0.4, 0.5) is 10.8 Å². The average Bonchev–Trinajstić information content (AvgIpc) is 2.99. The van der Waals surface area contributed by atoms with Gasteiger partial charge in [0.1, 0.15) is 5.69 Å². The summed E-state index contributed by atoms with van der Waals surface area (Å²) in [7, 11) is 0. The normalized spacial score (nSPS) is 14.3. The third-order valence-corrected chi connectivity index (χ3v) is 4.23. The van der Waals surface area contributed by atoms with Crippen LogP contribution in [-0.4, -0.2) is 21.9 Å². The fraction of sp³-hybridized carbons (Fsp3) is 0.200. The molecule has 0 bridgehead atoms. The highest BCUT2D eigenvalue weighted by Crippen LogP contribution is 2.27. The van der Waals surface area contributed by atoms with Gasteiger partial charge in [0.2, 0.25) is 0 Å². The summed E-state index contributed by atoms with van der Waals surface area (Å²) in [6.45, 7) is 0. The minimum Gasteiger partial charge on any atom is -0.361 e. The molecule has 0 unspecified atom stereocenters. The number of aromatic nitrogens is 2. The molecule has 0 spiro atoms. The Morgan fingerprint density at radius 2 is 2.24 bits per heavy atom. The summed E-state index contributed by atoms with van der Waals surface area (Å²) < 4.78 is 0. The van der Waals surface area contributed by atoms with Crippen molar-refractivity contribution in [3.8, 4) is 0 Å². The number of anilines is 2. The zero-order valence-corrected chi connectivity index (χ0v) is 12.0. The van der Waals surface area contributed by atoms with Gasteiger partial charge in [0.15, 0.2) is 5.13 Å². The van der Waals surface area contributed by atoms with Gasteiger partial charge in [-0.1, -0.05) is 6.07 Å². The van der Waals surface area contributed by atoms with Crippen LogP contribution < -0.4 is 10.6 Å². The van der Waals surface area contributed by atoms with Crippen molar-refractivity contribution < 1.29 is 4.79 Å². The van der Waals surface area contributed by atoms with Gasteiger partial charge in [-0.15, -0.1) is 11.3 Å². The van der Waals surface area contributed by atoms with Crippen molar-refractivity contribution in [1.29, 1.82) is 0 Å². The molecule has 3 aromatic rings. The molecule has 1 aliphatic carbocycles. The number of amides is 1. The van der Waals surface area contributed by atoms with Crippen LogP contribution in [0.1, 0.15) is 23.3 Å². The van der Waals surface area contributed by atoms with Crippen LogP contribution in [0.25, 0.3) is 10.9 Å². The first-order valence-electron chi connectivity index (χ1n) is 6.88. The van der Waals surface area contributed by atoms with Crippen molar-refractivity contribution in [3.05, 3.63) is 41.5 Å². The van der Waals surface area contributed by atoms with Crippen LogP contribution >= 0.6 is 11.3 Å². The number of nitrogens with one attached hydrogen (secondary N) is 3. The molecule has 6 heteroatoms. The van der Waals surface area contributed by atoms with E-state index in [1.165, 1.54) is 24.2 Å². The van der Waals surface area contributed by atoms with Crippen LogP contribution in [0, 0.1) is 0 Å². The van der Waals surface area contributed by atoms with E-state index in [0.29, 0.717) is 11.7 Å². The molecule has 1 fully saturated rings. The second kappa shape index (κ2) is 4.89. The Kier molecular flexibility index (Phi) is 2.89. The highest BCUT2D eigenvalue weighted by molar-refractivity contribution is 7.13. The Morgan fingerprint density at radius 1 is 1.33 bits per heavy atom. The van der Waals surface area contributed by atoms with Crippen molar-refractivity contribution in [2.24, 2.45) is 0 Å². The number of aromatic amines is 1. The van der Waals surface area contributed by atoms with E-state index in [4.69, 9.17) is 0 Å². The molecule has 4 rings (SSSR count). The quantitative estimate of drug-likeness (QED) is 0.691. The number of rotatable bonds is 4. The minimum absolute atomic E-state index is 0.180. The summed E-state index contributed by atoms with van der Waals surface area (Å²) in [5.74, 6) is -0.180. The number of hydrogen-bond acceptors (Lipinski definition) is 4. The molecule has 0 atom stereocenters. The Bertz CT molecular complexity index is 803. The van der Waals surface area contributed by atoms with Crippen molar-refractivity contribution in [2.45, 2.75) is 18.9 Å². The van der Waals surface area contributed by atoms with Gasteiger partial charge in [-0.25, -0.2) is 4.98 Å². The lowest BCUT2D eigenvalue weighted by molar-refractivity contribution is 0.102. The summed E-state index contributed by atoms with van der Waals surface area (Å²) in [6.07, 6.45) is 4.26. The molecule has 3 N–H and O–H groups in total. The number of H-pyrrole nitrogens is 1. The molecule has 2 heterocycles. The molecular formula is C15H14N4OS. The highest BCUT2D eigenvalue weighted by Gasteiger charge is 2.22. The fourth-order valence-electron chi connectivity index (χ4n) is 2.17. The maximum Gasteiger partial charge on any atom is 0.275 e. The van der Waals surface area contributed by atoms with Gasteiger partial charge in [-0.05, 0) is 36.4 Å². The number of benzene rings is 1. The Morgan fingerprint density at radius 3 is 3.10 bits per heavy atom. The molecule has 21 heavy (non-hydrogen) atoms. The molecule has 0 radical (unpaired) electrons. The molecule has 106 valence electrons. The predicted molar refractivity (Wildman–Crippen MR) is 85.0 cm³/mol. The first-order valence-corrected chi connectivity index (χ1v) is 7.76. The van der Waals surface area contributed by atoms with Crippen molar-refractivity contribution in [3.63, 3.8) is 0 Å². The summed E-state index contributed by atoms with van der Waals surface area (Å²) in [5, 5.41) is 9.91. The molecule has 1 saturated carbocycles. The van der Waals surface area contributed by atoms with Crippen LogP contribution in [-0.2, 0) is 0 Å². The molecule has 1 aromatic carbocycles. The standard InChI is InChI=1S/C15H14N4OS/c20-14(13-8-21-15(19-13)18-10-3-4-10)17-11-2-1-9-5-6-16-12(9)7-11/h1-2,5-8,10,16H,3-4H2,(H,17,20)(H,18,19). The smallest absolute Gasteiger partial charge is 0.275 e.